The maximum absolute atomic E-state index is 5.32. The summed E-state index contributed by atoms with van der Waals surface area (Å²) in [5, 5.41) is 3.53. The molecule has 0 radical (unpaired) electrons. The number of para-hydroxylation sites is 1. The molecular weight excluding hydrogens is 198 g/mol. The van der Waals surface area contributed by atoms with Crippen LogP contribution in [0, 0.1) is 0 Å². The van der Waals surface area contributed by atoms with Gasteiger partial charge in [-0.2, -0.15) is 0 Å². The predicted molar refractivity (Wildman–Crippen MR) is 68.8 cm³/mol. The van der Waals surface area contributed by atoms with E-state index in [2.05, 4.69) is 31.3 Å². The van der Waals surface area contributed by atoms with Gasteiger partial charge in [-0.3, -0.25) is 0 Å². The maximum atomic E-state index is 5.32. The highest BCUT2D eigenvalue weighted by Crippen LogP contribution is 2.17. The van der Waals surface area contributed by atoms with Crippen LogP contribution < -0.4 is 10.1 Å². The summed E-state index contributed by atoms with van der Waals surface area (Å²) in [6.07, 6.45) is 3.80. The number of nitrogens with one attached hydrogen (secondary N) is 1. The van der Waals surface area contributed by atoms with Crippen molar-refractivity contribution in [1.29, 1.82) is 0 Å². The van der Waals surface area contributed by atoms with E-state index in [1.807, 2.05) is 12.1 Å². The summed E-state index contributed by atoms with van der Waals surface area (Å²) < 4.78 is 5.32. The fourth-order valence-electron chi connectivity index (χ4n) is 1.75. The number of unbranched alkanes of at least 4 members (excludes halogenated alkanes) is 1. The third-order valence-corrected chi connectivity index (χ3v) is 2.82. The minimum atomic E-state index is 0.574. The van der Waals surface area contributed by atoms with Gasteiger partial charge in [-0.25, -0.2) is 0 Å². The van der Waals surface area contributed by atoms with E-state index < -0.39 is 0 Å². The molecular formula is C14H23NO. The molecule has 1 N–H and O–H groups in total. The Morgan fingerprint density at radius 2 is 2.06 bits per heavy atom. The number of rotatable bonds is 7. The molecule has 1 unspecified atom stereocenters. The van der Waals surface area contributed by atoms with Gasteiger partial charge >= 0.3 is 0 Å². The average molecular weight is 221 g/mol. The zero-order valence-electron chi connectivity index (χ0n) is 10.6. The molecule has 2 nitrogen and oxygen atoms in total. The fraction of sp³-hybridized carbons (Fsp3) is 0.571. The van der Waals surface area contributed by atoms with Gasteiger partial charge in [0.05, 0.1) is 7.11 Å². The topological polar surface area (TPSA) is 21.3 Å². The SMILES string of the molecule is CCCCC(C)NCc1ccccc1OC. The zero-order chi connectivity index (χ0) is 11.8. The van der Waals surface area contributed by atoms with Crippen LogP contribution in [0.4, 0.5) is 0 Å². The van der Waals surface area contributed by atoms with E-state index >= 15 is 0 Å². The Morgan fingerprint density at radius 1 is 1.31 bits per heavy atom. The van der Waals surface area contributed by atoms with Crippen molar-refractivity contribution in [2.75, 3.05) is 7.11 Å². The van der Waals surface area contributed by atoms with Crippen LogP contribution in [-0.4, -0.2) is 13.2 Å². The molecule has 1 rings (SSSR count). The average Bonchev–Trinajstić information content (AvgIpc) is 2.34. The molecule has 0 spiro atoms. The number of hydrogen-bond acceptors (Lipinski definition) is 2. The van der Waals surface area contributed by atoms with Crippen molar-refractivity contribution in [3.8, 4) is 5.75 Å². The lowest BCUT2D eigenvalue weighted by atomic mass is 10.1. The quantitative estimate of drug-likeness (QED) is 0.762. The van der Waals surface area contributed by atoms with E-state index in [4.69, 9.17) is 4.74 Å². The monoisotopic (exact) mass is 221 g/mol. The van der Waals surface area contributed by atoms with Crippen LogP contribution in [0.1, 0.15) is 38.7 Å². The molecule has 0 amide bonds. The first-order valence-corrected chi connectivity index (χ1v) is 6.13. The third-order valence-electron chi connectivity index (χ3n) is 2.82. The van der Waals surface area contributed by atoms with Crippen LogP contribution in [0.25, 0.3) is 0 Å². The minimum Gasteiger partial charge on any atom is -0.496 e. The van der Waals surface area contributed by atoms with Gasteiger partial charge in [-0.1, -0.05) is 38.0 Å². The molecule has 90 valence electrons. The van der Waals surface area contributed by atoms with E-state index in [9.17, 15) is 0 Å². The van der Waals surface area contributed by atoms with Crippen LogP contribution in [0.5, 0.6) is 5.75 Å². The second kappa shape index (κ2) is 7.29. The van der Waals surface area contributed by atoms with Crippen LogP contribution in [0.2, 0.25) is 0 Å². The van der Waals surface area contributed by atoms with Gasteiger partial charge in [0.1, 0.15) is 5.75 Å². The Hall–Kier alpha value is -1.02. The van der Waals surface area contributed by atoms with Crippen LogP contribution in [0.15, 0.2) is 24.3 Å². The first-order valence-electron chi connectivity index (χ1n) is 6.13. The second-order valence-corrected chi connectivity index (χ2v) is 4.24. The first kappa shape index (κ1) is 13.0. The van der Waals surface area contributed by atoms with Crippen molar-refractivity contribution < 1.29 is 4.74 Å². The van der Waals surface area contributed by atoms with Crippen molar-refractivity contribution in [2.24, 2.45) is 0 Å². The molecule has 0 saturated heterocycles. The number of methoxy groups -OCH3 is 1. The van der Waals surface area contributed by atoms with E-state index in [0.717, 1.165) is 12.3 Å². The molecule has 1 aromatic rings. The molecule has 0 aromatic heterocycles. The van der Waals surface area contributed by atoms with Gasteiger partial charge in [0.2, 0.25) is 0 Å². The predicted octanol–water partition coefficient (Wildman–Crippen LogP) is 3.36. The molecule has 0 aliphatic heterocycles. The lowest BCUT2D eigenvalue weighted by Crippen LogP contribution is -2.25. The Morgan fingerprint density at radius 3 is 2.75 bits per heavy atom. The molecule has 1 atom stereocenters. The summed E-state index contributed by atoms with van der Waals surface area (Å²) in [5.74, 6) is 0.970. The number of benzene rings is 1. The molecule has 0 saturated carbocycles. The van der Waals surface area contributed by atoms with Crippen molar-refractivity contribution in [1.82, 2.24) is 5.32 Å². The van der Waals surface area contributed by atoms with E-state index in [0.29, 0.717) is 6.04 Å². The highest BCUT2D eigenvalue weighted by molar-refractivity contribution is 5.32. The van der Waals surface area contributed by atoms with Gasteiger partial charge in [-0.15, -0.1) is 0 Å². The molecule has 0 aliphatic carbocycles. The van der Waals surface area contributed by atoms with Crippen LogP contribution in [0.3, 0.4) is 0 Å². The lowest BCUT2D eigenvalue weighted by molar-refractivity contribution is 0.404. The molecule has 2 heteroatoms. The number of hydrogen-bond donors (Lipinski definition) is 1. The second-order valence-electron chi connectivity index (χ2n) is 4.24. The fourth-order valence-corrected chi connectivity index (χ4v) is 1.75. The highest BCUT2D eigenvalue weighted by atomic mass is 16.5. The molecule has 0 aliphatic rings. The smallest absolute Gasteiger partial charge is 0.123 e. The molecule has 0 bridgehead atoms. The summed E-state index contributed by atoms with van der Waals surface area (Å²) in [4.78, 5) is 0. The minimum absolute atomic E-state index is 0.574. The zero-order valence-corrected chi connectivity index (χ0v) is 10.6. The third kappa shape index (κ3) is 4.23. The Kier molecular flexibility index (Phi) is 5.94. The Balaban J connectivity index is 2.41. The van der Waals surface area contributed by atoms with E-state index in [-0.39, 0.29) is 0 Å². The van der Waals surface area contributed by atoms with Gasteiger partial charge in [-0.05, 0) is 19.4 Å². The van der Waals surface area contributed by atoms with Gasteiger partial charge < -0.3 is 10.1 Å². The molecule has 0 fully saturated rings. The summed E-state index contributed by atoms with van der Waals surface area (Å²) in [6.45, 7) is 5.35. The normalized spacial score (nSPS) is 12.4. The van der Waals surface area contributed by atoms with Crippen molar-refractivity contribution >= 4 is 0 Å². The summed E-state index contributed by atoms with van der Waals surface area (Å²) in [5.41, 5.74) is 1.23. The Labute approximate surface area is 99.0 Å². The van der Waals surface area contributed by atoms with Crippen molar-refractivity contribution in [3.63, 3.8) is 0 Å². The molecule has 16 heavy (non-hydrogen) atoms. The van der Waals surface area contributed by atoms with Gasteiger partial charge in [0.25, 0.3) is 0 Å². The van der Waals surface area contributed by atoms with E-state index in [1.54, 1.807) is 7.11 Å². The Bertz CT molecular complexity index is 299. The summed E-state index contributed by atoms with van der Waals surface area (Å²) >= 11 is 0. The largest absolute Gasteiger partial charge is 0.496 e. The highest BCUT2D eigenvalue weighted by Gasteiger charge is 2.04. The molecule has 0 heterocycles. The first-order chi connectivity index (χ1) is 7.77. The van der Waals surface area contributed by atoms with Gasteiger partial charge in [0.15, 0.2) is 0 Å². The lowest BCUT2D eigenvalue weighted by Gasteiger charge is -2.14. The standard InChI is InChI=1S/C14H23NO/c1-4-5-8-12(2)15-11-13-9-6-7-10-14(13)16-3/h6-7,9-10,12,15H,4-5,8,11H2,1-3H3. The number of ether oxygens (including phenoxy) is 1. The maximum Gasteiger partial charge on any atom is 0.123 e. The van der Waals surface area contributed by atoms with Crippen molar-refractivity contribution in [2.45, 2.75) is 45.7 Å². The van der Waals surface area contributed by atoms with Crippen molar-refractivity contribution in [3.05, 3.63) is 29.8 Å². The van der Waals surface area contributed by atoms with E-state index in [1.165, 1.54) is 24.8 Å². The van der Waals surface area contributed by atoms with Crippen LogP contribution in [-0.2, 0) is 6.54 Å². The molecule has 1 aromatic carbocycles. The van der Waals surface area contributed by atoms with Gasteiger partial charge in [0, 0.05) is 18.2 Å². The van der Waals surface area contributed by atoms with Crippen LogP contribution >= 0.6 is 0 Å². The summed E-state index contributed by atoms with van der Waals surface area (Å²) in [6, 6.07) is 8.75. The summed E-state index contributed by atoms with van der Waals surface area (Å²) in [7, 11) is 1.72.